The second-order valence-electron chi connectivity index (χ2n) is 8.28. The standard InChI is InChI=1S/C26H29N5O4/c1-5-34-19-6-8-20(9-7-19)35-23-14-18(12-13-27-23)15-28-22(32)11-10-21-16(2)24-17(3)30-31(4)25(24)29-26(21)33/h6-9,12-14H,5,10-11,15H2,1-4H3,(H,28,32)(H,29,33). The number of fused-ring (bicyclic) bond motifs is 1. The molecule has 0 atom stereocenters. The van der Waals surface area contributed by atoms with Gasteiger partial charge in [0.2, 0.25) is 11.8 Å². The van der Waals surface area contributed by atoms with Gasteiger partial charge in [0, 0.05) is 43.2 Å². The van der Waals surface area contributed by atoms with Gasteiger partial charge in [-0.1, -0.05) is 0 Å². The van der Waals surface area contributed by atoms with Gasteiger partial charge in [-0.25, -0.2) is 4.98 Å². The van der Waals surface area contributed by atoms with Crippen LogP contribution in [-0.4, -0.2) is 32.3 Å². The first kappa shape index (κ1) is 24.0. The molecule has 0 saturated heterocycles. The van der Waals surface area contributed by atoms with Crippen LogP contribution in [0.3, 0.4) is 0 Å². The van der Waals surface area contributed by atoms with Crippen molar-refractivity contribution in [2.75, 3.05) is 6.61 Å². The topological polar surface area (TPSA) is 111 Å². The zero-order valence-corrected chi connectivity index (χ0v) is 20.3. The molecule has 0 aliphatic rings. The molecule has 3 heterocycles. The SMILES string of the molecule is CCOc1ccc(Oc2cc(CNC(=O)CCc3c(C)c4c(C)nn(C)c4[nH]c3=O)ccn2)cc1. The normalized spacial score (nSPS) is 11.0. The van der Waals surface area contributed by atoms with Crippen molar-refractivity contribution in [3.63, 3.8) is 0 Å². The highest BCUT2D eigenvalue weighted by Crippen LogP contribution is 2.23. The highest BCUT2D eigenvalue weighted by molar-refractivity contribution is 5.83. The minimum Gasteiger partial charge on any atom is -0.494 e. The van der Waals surface area contributed by atoms with Gasteiger partial charge in [-0.2, -0.15) is 5.10 Å². The van der Waals surface area contributed by atoms with Crippen molar-refractivity contribution in [3.05, 3.63) is 75.3 Å². The maximum Gasteiger partial charge on any atom is 0.253 e. The number of nitrogens with zero attached hydrogens (tertiary/aromatic N) is 3. The number of ether oxygens (including phenoxy) is 2. The van der Waals surface area contributed by atoms with Crippen LogP contribution >= 0.6 is 0 Å². The van der Waals surface area contributed by atoms with E-state index in [1.54, 1.807) is 24.0 Å². The van der Waals surface area contributed by atoms with Gasteiger partial charge < -0.3 is 19.8 Å². The zero-order valence-electron chi connectivity index (χ0n) is 20.3. The number of aryl methyl sites for hydroxylation is 3. The summed E-state index contributed by atoms with van der Waals surface area (Å²) in [6, 6.07) is 10.9. The summed E-state index contributed by atoms with van der Waals surface area (Å²) >= 11 is 0. The Morgan fingerprint density at radius 1 is 1.14 bits per heavy atom. The van der Waals surface area contributed by atoms with Gasteiger partial charge in [0.1, 0.15) is 17.1 Å². The van der Waals surface area contributed by atoms with Crippen LogP contribution in [0.2, 0.25) is 0 Å². The van der Waals surface area contributed by atoms with Gasteiger partial charge in [0.05, 0.1) is 12.3 Å². The molecule has 4 aromatic rings. The Labute approximate surface area is 203 Å². The number of carbonyl (C=O) groups is 1. The first-order valence-corrected chi connectivity index (χ1v) is 11.5. The predicted octanol–water partition coefficient (Wildman–Crippen LogP) is 3.71. The van der Waals surface area contributed by atoms with Crippen molar-refractivity contribution in [2.24, 2.45) is 7.05 Å². The van der Waals surface area contributed by atoms with E-state index in [4.69, 9.17) is 9.47 Å². The number of H-pyrrole nitrogens is 1. The number of nitrogens with one attached hydrogen (secondary N) is 2. The molecule has 0 unspecified atom stereocenters. The fourth-order valence-electron chi connectivity index (χ4n) is 4.09. The highest BCUT2D eigenvalue weighted by Gasteiger charge is 2.16. The van der Waals surface area contributed by atoms with Crippen molar-refractivity contribution in [1.29, 1.82) is 0 Å². The lowest BCUT2D eigenvalue weighted by molar-refractivity contribution is -0.121. The van der Waals surface area contributed by atoms with Crippen molar-refractivity contribution >= 4 is 16.9 Å². The molecule has 0 aliphatic carbocycles. The summed E-state index contributed by atoms with van der Waals surface area (Å²) < 4.78 is 12.9. The van der Waals surface area contributed by atoms with Gasteiger partial charge in [0.15, 0.2) is 0 Å². The van der Waals surface area contributed by atoms with Crippen LogP contribution in [0.4, 0.5) is 0 Å². The van der Waals surface area contributed by atoms with E-state index in [1.165, 1.54) is 0 Å². The van der Waals surface area contributed by atoms with Gasteiger partial charge in [-0.3, -0.25) is 14.3 Å². The molecule has 0 fully saturated rings. The Kier molecular flexibility index (Phi) is 7.14. The molecule has 1 aromatic carbocycles. The summed E-state index contributed by atoms with van der Waals surface area (Å²) in [4.78, 5) is 32.2. The largest absolute Gasteiger partial charge is 0.494 e. The molecule has 3 aromatic heterocycles. The summed E-state index contributed by atoms with van der Waals surface area (Å²) in [5.41, 5.74) is 3.69. The van der Waals surface area contributed by atoms with Crippen LogP contribution in [-0.2, 0) is 24.8 Å². The molecular formula is C26H29N5O4. The van der Waals surface area contributed by atoms with Gasteiger partial charge in [-0.05, 0) is 68.7 Å². The first-order valence-electron chi connectivity index (χ1n) is 11.5. The van der Waals surface area contributed by atoms with E-state index in [0.717, 1.165) is 28.0 Å². The average Bonchev–Trinajstić information content (AvgIpc) is 3.12. The van der Waals surface area contributed by atoms with Crippen LogP contribution in [0.1, 0.15) is 35.7 Å². The fourth-order valence-corrected chi connectivity index (χ4v) is 4.09. The van der Waals surface area contributed by atoms with Crippen molar-refractivity contribution in [1.82, 2.24) is 25.1 Å². The molecule has 4 rings (SSSR count). The van der Waals surface area contributed by atoms with E-state index in [9.17, 15) is 9.59 Å². The summed E-state index contributed by atoms with van der Waals surface area (Å²) in [6.45, 7) is 6.68. The number of hydrogen-bond donors (Lipinski definition) is 2. The number of aromatic nitrogens is 4. The van der Waals surface area contributed by atoms with Crippen molar-refractivity contribution < 1.29 is 14.3 Å². The predicted molar refractivity (Wildman–Crippen MR) is 133 cm³/mol. The molecular weight excluding hydrogens is 446 g/mol. The van der Waals surface area contributed by atoms with Crippen LogP contribution in [0.5, 0.6) is 17.4 Å². The average molecular weight is 476 g/mol. The zero-order chi connectivity index (χ0) is 24.9. The lowest BCUT2D eigenvalue weighted by Crippen LogP contribution is -2.25. The molecule has 9 nitrogen and oxygen atoms in total. The third-order valence-electron chi connectivity index (χ3n) is 5.80. The number of benzene rings is 1. The minimum absolute atomic E-state index is 0.141. The third-order valence-corrected chi connectivity index (χ3v) is 5.80. The molecule has 35 heavy (non-hydrogen) atoms. The molecule has 0 aliphatic heterocycles. The molecule has 182 valence electrons. The number of amides is 1. The molecule has 0 bridgehead atoms. The molecule has 1 amide bonds. The summed E-state index contributed by atoms with van der Waals surface area (Å²) in [6.07, 6.45) is 2.19. The minimum atomic E-state index is -0.184. The molecule has 0 radical (unpaired) electrons. The number of pyridine rings is 2. The van der Waals surface area contributed by atoms with Crippen LogP contribution in [0.15, 0.2) is 47.4 Å². The Balaban J connectivity index is 1.35. The third kappa shape index (κ3) is 5.51. The van der Waals surface area contributed by atoms with Gasteiger partial charge >= 0.3 is 0 Å². The highest BCUT2D eigenvalue weighted by atomic mass is 16.5. The molecule has 9 heteroatoms. The van der Waals surface area contributed by atoms with E-state index >= 15 is 0 Å². The maximum atomic E-state index is 12.6. The monoisotopic (exact) mass is 475 g/mol. The Morgan fingerprint density at radius 3 is 2.63 bits per heavy atom. The van der Waals surface area contributed by atoms with Crippen LogP contribution in [0.25, 0.3) is 11.0 Å². The number of carbonyl (C=O) groups excluding carboxylic acids is 1. The summed E-state index contributed by atoms with van der Waals surface area (Å²) in [5.74, 6) is 1.71. The lowest BCUT2D eigenvalue weighted by atomic mass is 10.0. The van der Waals surface area contributed by atoms with Crippen LogP contribution < -0.4 is 20.3 Å². The van der Waals surface area contributed by atoms with E-state index in [-0.39, 0.29) is 17.9 Å². The second-order valence-corrected chi connectivity index (χ2v) is 8.28. The van der Waals surface area contributed by atoms with E-state index in [2.05, 4.69) is 20.4 Å². The molecule has 2 N–H and O–H groups in total. The summed E-state index contributed by atoms with van der Waals surface area (Å²) in [7, 11) is 1.80. The Morgan fingerprint density at radius 2 is 1.89 bits per heavy atom. The van der Waals surface area contributed by atoms with E-state index < -0.39 is 0 Å². The first-order chi connectivity index (χ1) is 16.9. The van der Waals surface area contributed by atoms with Gasteiger partial charge in [0.25, 0.3) is 5.56 Å². The van der Waals surface area contributed by atoms with Crippen molar-refractivity contribution in [3.8, 4) is 17.4 Å². The Bertz CT molecular complexity index is 1410. The Hall–Kier alpha value is -4.14. The van der Waals surface area contributed by atoms with Crippen LogP contribution in [0, 0.1) is 13.8 Å². The summed E-state index contributed by atoms with van der Waals surface area (Å²) in [5, 5.41) is 8.22. The number of aromatic amines is 1. The maximum absolute atomic E-state index is 12.6. The quantitative estimate of drug-likeness (QED) is 0.382. The van der Waals surface area contributed by atoms with E-state index in [1.807, 2.05) is 51.1 Å². The number of hydrogen-bond acceptors (Lipinski definition) is 6. The van der Waals surface area contributed by atoms with E-state index in [0.29, 0.717) is 42.4 Å². The molecule has 0 spiro atoms. The van der Waals surface area contributed by atoms with Gasteiger partial charge in [-0.15, -0.1) is 0 Å². The smallest absolute Gasteiger partial charge is 0.253 e. The van der Waals surface area contributed by atoms with Crippen molar-refractivity contribution in [2.45, 2.75) is 40.2 Å². The fraction of sp³-hybridized carbons (Fsp3) is 0.308. The lowest BCUT2D eigenvalue weighted by Gasteiger charge is -2.10. The molecule has 0 saturated carbocycles. The number of rotatable bonds is 9. The second kappa shape index (κ2) is 10.4.